The highest BCUT2D eigenvalue weighted by Crippen LogP contribution is 2.22. The first-order valence-corrected chi connectivity index (χ1v) is 9.92. The van der Waals surface area contributed by atoms with E-state index < -0.39 is 0 Å². The van der Waals surface area contributed by atoms with Crippen LogP contribution in [0.5, 0.6) is 0 Å². The van der Waals surface area contributed by atoms with E-state index >= 15 is 0 Å². The van der Waals surface area contributed by atoms with Crippen LogP contribution in [-0.2, 0) is 14.2 Å². The third-order valence-corrected chi connectivity index (χ3v) is 5.11. The highest BCUT2D eigenvalue weighted by Gasteiger charge is 2.31. The molecule has 0 aliphatic carbocycles. The molecule has 3 saturated heterocycles. The lowest BCUT2D eigenvalue weighted by Crippen LogP contribution is -2.47. The van der Waals surface area contributed by atoms with Crippen molar-refractivity contribution < 1.29 is 14.2 Å². The van der Waals surface area contributed by atoms with Crippen LogP contribution in [0.1, 0.15) is 32.6 Å². The number of aliphatic imine (C=N–C) groups is 1. The Kier molecular flexibility index (Phi) is 7.79. The van der Waals surface area contributed by atoms with Crippen molar-refractivity contribution in [3.63, 3.8) is 0 Å². The molecule has 144 valence electrons. The predicted molar refractivity (Wildman–Crippen MR) is 98.1 cm³/mol. The Morgan fingerprint density at radius 2 is 2.24 bits per heavy atom. The topological polar surface area (TPSA) is 67.4 Å². The lowest BCUT2D eigenvalue weighted by molar-refractivity contribution is -0.0432. The highest BCUT2D eigenvalue weighted by atomic mass is 16.5. The average Bonchev–Trinajstić information content (AvgIpc) is 3.30. The largest absolute Gasteiger partial charge is 0.379 e. The van der Waals surface area contributed by atoms with Crippen molar-refractivity contribution in [2.75, 3.05) is 59.2 Å². The van der Waals surface area contributed by atoms with Crippen LogP contribution in [0.25, 0.3) is 0 Å². The maximum absolute atomic E-state index is 5.98. The number of morpholine rings is 1. The van der Waals surface area contributed by atoms with E-state index in [2.05, 4.69) is 22.5 Å². The van der Waals surface area contributed by atoms with Crippen LogP contribution >= 0.6 is 0 Å². The molecule has 0 bridgehead atoms. The van der Waals surface area contributed by atoms with E-state index in [1.165, 1.54) is 19.4 Å². The molecule has 7 nitrogen and oxygen atoms in total. The van der Waals surface area contributed by atoms with Crippen LogP contribution in [0.2, 0.25) is 0 Å². The van der Waals surface area contributed by atoms with E-state index in [1.54, 1.807) is 0 Å². The van der Waals surface area contributed by atoms with Crippen LogP contribution in [0, 0.1) is 0 Å². The van der Waals surface area contributed by atoms with Gasteiger partial charge in [0, 0.05) is 38.9 Å². The minimum Gasteiger partial charge on any atom is -0.379 e. The van der Waals surface area contributed by atoms with Gasteiger partial charge in [0.2, 0.25) is 0 Å². The van der Waals surface area contributed by atoms with Gasteiger partial charge in [-0.15, -0.1) is 0 Å². The summed E-state index contributed by atoms with van der Waals surface area (Å²) in [5.74, 6) is 0.874. The van der Waals surface area contributed by atoms with Gasteiger partial charge in [0.05, 0.1) is 32.0 Å². The van der Waals surface area contributed by atoms with Crippen molar-refractivity contribution in [1.29, 1.82) is 0 Å². The third-order valence-electron chi connectivity index (χ3n) is 5.11. The summed E-state index contributed by atoms with van der Waals surface area (Å²) in [6.45, 7) is 9.98. The Bertz CT molecular complexity index is 415. The second kappa shape index (κ2) is 10.3. The minimum atomic E-state index is 0.218. The summed E-state index contributed by atoms with van der Waals surface area (Å²) < 4.78 is 17.1. The number of ether oxygens (including phenoxy) is 3. The van der Waals surface area contributed by atoms with Gasteiger partial charge in [-0.3, -0.25) is 9.89 Å². The van der Waals surface area contributed by atoms with Crippen LogP contribution < -0.4 is 10.6 Å². The molecule has 3 atom stereocenters. The molecule has 3 fully saturated rings. The van der Waals surface area contributed by atoms with Crippen molar-refractivity contribution in [3.8, 4) is 0 Å². The maximum atomic E-state index is 5.98. The molecule has 7 heteroatoms. The van der Waals surface area contributed by atoms with Gasteiger partial charge in [-0.2, -0.15) is 0 Å². The lowest BCUT2D eigenvalue weighted by atomic mass is 10.2. The van der Waals surface area contributed by atoms with E-state index in [-0.39, 0.29) is 6.10 Å². The molecule has 3 aliphatic heterocycles. The molecular weight excluding hydrogens is 320 g/mol. The van der Waals surface area contributed by atoms with Crippen LogP contribution in [-0.4, -0.2) is 88.3 Å². The zero-order valence-corrected chi connectivity index (χ0v) is 15.5. The molecule has 3 unspecified atom stereocenters. The molecule has 0 aromatic heterocycles. The predicted octanol–water partition coefficient (Wildman–Crippen LogP) is 0.600. The molecule has 0 aromatic carbocycles. The summed E-state index contributed by atoms with van der Waals surface area (Å²) in [5, 5.41) is 6.70. The minimum absolute atomic E-state index is 0.218. The van der Waals surface area contributed by atoms with Gasteiger partial charge in [-0.25, -0.2) is 0 Å². The lowest BCUT2D eigenvalue weighted by Gasteiger charge is -2.34. The van der Waals surface area contributed by atoms with E-state index in [0.29, 0.717) is 18.7 Å². The fourth-order valence-corrected chi connectivity index (χ4v) is 3.70. The van der Waals surface area contributed by atoms with Gasteiger partial charge in [0.25, 0.3) is 0 Å². The van der Waals surface area contributed by atoms with Gasteiger partial charge >= 0.3 is 0 Å². The number of guanidine groups is 1. The average molecular weight is 354 g/mol. The molecule has 3 rings (SSSR count). The van der Waals surface area contributed by atoms with Crippen molar-refractivity contribution >= 4 is 5.96 Å². The quantitative estimate of drug-likeness (QED) is 0.378. The van der Waals surface area contributed by atoms with Crippen LogP contribution in [0.4, 0.5) is 0 Å². The molecule has 0 saturated carbocycles. The van der Waals surface area contributed by atoms with E-state index in [1.807, 2.05) is 0 Å². The van der Waals surface area contributed by atoms with Crippen molar-refractivity contribution in [2.24, 2.45) is 4.99 Å². The first kappa shape index (κ1) is 18.9. The number of nitrogens with zero attached hydrogens (tertiary/aromatic N) is 2. The molecule has 25 heavy (non-hydrogen) atoms. The zero-order valence-electron chi connectivity index (χ0n) is 15.5. The smallest absolute Gasteiger partial charge is 0.191 e. The Morgan fingerprint density at radius 3 is 3.08 bits per heavy atom. The van der Waals surface area contributed by atoms with E-state index in [4.69, 9.17) is 19.2 Å². The summed E-state index contributed by atoms with van der Waals surface area (Å²) in [6.07, 6.45) is 5.10. The van der Waals surface area contributed by atoms with Crippen molar-refractivity contribution in [1.82, 2.24) is 15.5 Å². The molecule has 3 heterocycles. The number of hydrogen-bond acceptors (Lipinski definition) is 5. The third kappa shape index (κ3) is 6.09. The number of hydrogen-bond donors (Lipinski definition) is 2. The molecule has 0 radical (unpaired) electrons. The standard InChI is InChI=1S/C18H34N4O3/c1-2-19-18(20-7-4-9-24-16-6-10-23-14-16)21-11-17-12-22-8-3-5-15(22)13-25-17/h15-17H,2-14H2,1H3,(H2,19,20,21). The monoisotopic (exact) mass is 354 g/mol. The highest BCUT2D eigenvalue weighted by molar-refractivity contribution is 5.79. The van der Waals surface area contributed by atoms with Gasteiger partial charge in [-0.05, 0) is 39.2 Å². The number of rotatable bonds is 8. The Labute approximate surface area is 151 Å². The number of fused-ring (bicyclic) bond motifs is 1. The van der Waals surface area contributed by atoms with Gasteiger partial charge < -0.3 is 24.8 Å². The first-order valence-electron chi connectivity index (χ1n) is 9.92. The molecule has 0 amide bonds. The fraction of sp³-hybridized carbons (Fsp3) is 0.944. The fourth-order valence-electron chi connectivity index (χ4n) is 3.70. The van der Waals surface area contributed by atoms with Gasteiger partial charge in [0.1, 0.15) is 0 Å². The summed E-state index contributed by atoms with van der Waals surface area (Å²) in [5.41, 5.74) is 0. The van der Waals surface area contributed by atoms with E-state index in [0.717, 1.165) is 64.9 Å². The molecule has 2 N–H and O–H groups in total. The second-order valence-corrected chi connectivity index (χ2v) is 7.10. The summed E-state index contributed by atoms with van der Waals surface area (Å²) in [6, 6.07) is 0.650. The number of nitrogens with one attached hydrogen (secondary N) is 2. The van der Waals surface area contributed by atoms with Crippen LogP contribution in [0.3, 0.4) is 0 Å². The molecule has 0 spiro atoms. The maximum Gasteiger partial charge on any atom is 0.191 e. The summed E-state index contributed by atoms with van der Waals surface area (Å²) in [7, 11) is 0. The Hall–Kier alpha value is -0.890. The van der Waals surface area contributed by atoms with Crippen LogP contribution in [0.15, 0.2) is 4.99 Å². The molecular formula is C18H34N4O3. The first-order chi connectivity index (χ1) is 12.3. The second-order valence-electron chi connectivity index (χ2n) is 7.10. The van der Waals surface area contributed by atoms with Crippen molar-refractivity contribution in [2.45, 2.75) is 50.9 Å². The summed E-state index contributed by atoms with van der Waals surface area (Å²) >= 11 is 0. The van der Waals surface area contributed by atoms with Gasteiger partial charge in [0.15, 0.2) is 5.96 Å². The van der Waals surface area contributed by atoms with Crippen molar-refractivity contribution in [3.05, 3.63) is 0 Å². The Balaban J connectivity index is 1.32. The normalized spacial score (nSPS) is 30.4. The SMILES string of the molecule is CCNC(=NCC1CN2CCCC2CO1)NCCCOC1CCOC1. The molecule has 0 aromatic rings. The molecule has 3 aliphatic rings. The Morgan fingerprint density at radius 1 is 1.28 bits per heavy atom. The van der Waals surface area contributed by atoms with Gasteiger partial charge in [-0.1, -0.05) is 0 Å². The zero-order chi connectivity index (χ0) is 17.3. The summed E-state index contributed by atoms with van der Waals surface area (Å²) in [4.78, 5) is 7.27. The van der Waals surface area contributed by atoms with E-state index in [9.17, 15) is 0 Å².